The summed E-state index contributed by atoms with van der Waals surface area (Å²) in [6.45, 7) is 2.23. The van der Waals surface area contributed by atoms with Crippen molar-refractivity contribution in [1.82, 2.24) is 0 Å². The molecule has 0 atom stereocenters. The van der Waals surface area contributed by atoms with Crippen LogP contribution in [-0.2, 0) is 0 Å². The van der Waals surface area contributed by atoms with Crippen LogP contribution in [0.2, 0.25) is 0 Å². The highest BCUT2D eigenvalue weighted by Crippen LogP contribution is 2.50. The summed E-state index contributed by atoms with van der Waals surface area (Å²) in [5, 5.41) is 18.8. The van der Waals surface area contributed by atoms with Crippen LogP contribution in [0.3, 0.4) is 0 Å². The molecule has 10 rings (SSSR count). The van der Waals surface area contributed by atoms with Crippen LogP contribution in [0.5, 0.6) is 0 Å². The molecule has 0 aliphatic heterocycles. The summed E-state index contributed by atoms with van der Waals surface area (Å²) >= 11 is 0. The third kappa shape index (κ3) is 3.00. The smallest absolute Gasteiger partial charge is 0.00137 e. The van der Waals surface area contributed by atoms with Crippen LogP contribution < -0.4 is 0 Å². The molecule has 0 heteroatoms. The highest BCUT2D eigenvalue weighted by atomic mass is 14.2. The molecule has 0 heterocycles. The molecule has 43 heavy (non-hydrogen) atoms. The molecular weight excluding hydrogens is 516 g/mol. The van der Waals surface area contributed by atoms with E-state index in [9.17, 15) is 0 Å². The minimum Gasteiger partial charge on any atom is -0.0622 e. The highest BCUT2D eigenvalue weighted by Gasteiger charge is 2.22. The molecule has 0 saturated carbocycles. The van der Waals surface area contributed by atoms with Crippen molar-refractivity contribution in [3.8, 4) is 22.3 Å². The zero-order valence-corrected chi connectivity index (χ0v) is 23.8. The van der Waals surface area contributed by atoms with E-state index < -0.39 is 0 Å². The summed E-state index contributed by atoms with van der Waals surface area (Å²) in [6, 6.07) is 52.2. The molecule has 0 bridgehead atoms. The first-order chi connectivity index (χ1) is 21.3. The maximum Gasteiger partial charge on any atom is -0.00137 e. The molecule has 0 nitrogen and oxygen atoms in total. The molecule has 0 saturated heterocycles. The Balaban J connectivity index is 1.46. The number of benzene rings is 8. The molecule has 0 aliphatic rings. The van der Waals surface area contributed by atoms with E-state index in [4.69, 9.17) is 0 Å². The Kier molecular flexibility index (Phi) is 4.47. The maximum absolute atomic E-state index is 2.49. The minimum absolute atomic E-state index is 1.26. The van der Waals surface area contributed by atoms with Crippen LogP contribution in [0.4, 0.5) is 0 Å². The first-order valence-corrected chi connectivity index (χ1v) is 15.1. The Labute approximate surface area is 249 Å². The first-order valence-electron chi connectivity index (χ1n) is 15.1. The van der Waals surface area contributed by atoms with E-state index in [1.807, 2.05) is 0 Å². The Hall–Kier alpha value is -5.46. The second kappa shape index (κ2) is 8.31. The molecular formula is C43H26. The lowest BCUT2D eigenvalue weighted by atomic mass is 9.91. The second-order valence-electron chi connectivity index (χ2n) is 12.1. The van der Waals surface area contributed by atoms with Gasteiger partial charge in [-0.3, -0.25) is 0 Å². The Morgan fingerprint density at radius 1 is 0.326 bits per heavy atom. The average molecular weight is 543 g/mol. The summed E-state index contributed by atoms with van der Waals surface area (Å²) in [7, 11) is 0. The standard InChI is InChI=1S/C43H26/c1-25-18-20-34-41-30(25)15-9-17-33(41)37-22-29-23-38-36(24-35(29)40(43(34)37)27-12-6-3-7-13-27)32-16-8-14-28-19-21-31(42(38)39(28)32)26-10-4-2-5-11-26/h2-24H,1H3. The van der Waals surface area contributed by atoms with Gasteiger partial charge in [0.15, 0.2) is 0 Å². The Bertz CT molecular complexity index is 2700. The molecule has 10 aromatic rings. The molecule has 0 amide bonds. The van der Waals surface area contributed by atoms with Crippen molar-refractivity contribution in [2.45, 2.75) is 6.92 Å². The lowest BCUT2D eigenvalue weighted by molar-refractivity contribution is 1.55. The van der Waals surface area contributed by atoms with Crippen molar-refractivity contribution in [2.75, 3.05) is 0 Å². The van der Waals surface area contributed by atoms with Crippen molar-refractivity contribution in [2.24, 2.45) is 0 Å². The Morgan fingerprint density at radius 3 is 1.79 bits per heavy atom. The Morgan fingerprint density at radius 2 is 1.00 bits per heavy atom. The zero-order chi connectivity index (χ0) is 28.2. The summed E-state index contributed by atoms with van der Waals surface area (Å²) in [6.07, 6.45) is 0. The fourth-order valence-electron chi connectivity index (χ4n) is 8.00. The molecule has 0 N–H and O–H groups in total. The van der Waals surface area contributed by atoms with Crippen molar-refractivity contribution in [3.05, 3.63) is 145 Å². The van der Waals surface area contributed by atoms with Gasteiger partial charge in [0, 0.05) is 0 Å². The third-order valence-corrected chi connectivity index (χ3v) is 9.85. The zero-order valence-electron chi connectivity index (χ0n) is 23.8. The summed E-state index contributed by atoms with van der Waals surface area (Å²) in [4.78, 5) is 0. The summed E-state index contributed by atoms with van der Waals surface area (Å²) in [5.41, 5.74) is 6.50. The fourth-order valence-corrected chi connectivity index (χ4v) is 8.00. The van der Waals surface area contributed by atoms with E-state index in [0.29, 0.717) is 0 Å². The van der Waals surface area contributed by atoms with Crippen molar-refractivity contribution in [3.63, 3.8) is 0 Å². The van der Waals surface area contributed by atoms with E-state index in [0.717, 1.165) is 0 Å². The van der Waals surface area contributed by atoms with Crippen LogP contribution in [0.25, 0.3) is 97.7 Å². The van der Waals surface area contributed by atoms with Gasteiger partial charge in [-0.05, 0) is 128 Å². The normalized spacial score (nSPS) is 12.3. The predicted molar refractivity (Wildman–Crippen MR) is 187 cm³/mol. The summed E-state index contributed by atoms with van der Waals surface area (Å²) < 4.78 is 0. The highest BCUT2D eigenvalue weighted by molar-refractivity contribution is 6.39. The molecule has 0 spiro atoms. The van der Waals surface area contributed by atoms with Gasteiger partial charge in [0.25, 0.3) is 0 Å². The summed E-state index contributed by atoms with van der Waals surface area (Å²) in [5.74, 6) is 0. The van der Waals surface area contributed by atoms with E-state index >= 15 is 0 Å². The number of fused-ring (bicyclic) bond motifs is 7. The third-order valence-electron chi connectivity index (χ3n) is 9.85. The van der Waals surface area contributed by atoms with Gasteiger partial charge in [-0.15, -0.1) is 0 Å². The van der Waals surface area contributed by atoms with Crippen LogP contribution in [0.1, 0.15) is 5.56 Å². The lowest BCUT2D eigenvalue weighted by Crippen LogP contribution is -1.85. The van der Waals surface area contributed by atoms with Gasteiger partial charge < -0.3 is 0 Å². The number of hydrogen-bond donors (Lipinski definition) is 0. The predicted octanol–water partition coefficient (Wildman–Crippen LogP) is 12.3. The monoisotopic (exact) mass is 542 g/mol. The first kappa shape index (κ1) is 23.1. The van der Waals surface area contributed by atoms with Gasteiger partial charge in [0.1, 0.15) is 0 Å². The molecule has 0 aromatic heterocycles. The number of aryl methyl sites for hydroxylation is 1. The van der Waals surface area contributed by atoms with E-state index in [1.54, 1.807) is 0 Å². The van der Waals surface area contributed by atoms with E-state index in [-0.39, 0.29) is 0 Å². The second-order valence-corrected chi connectivity index (χ2v) is 12.1. The van der Waals surface area contributed by atoms with Gasteiger partial charge in [-0.25, -0.2) is 0 Å². The van der Waals surface area contributed by atoms with Crippen LogP contribution in [0.15, 0.2) is 140 Å². The number of hydrogen-bond acceptors (Lipinski definition) is 0. The van der Waals surface area contributed by atoms with Crippen LogP contribution in [0, 0.1) is 6.92 Å². The molecule has 0 radical (unpaired) electrons. The lowest BCUT2D eigenvalue weighted by Gasteiger charge is -2.12. The molecule has 198 valence electrons. The van der Waals surface area contributed by atoms with Crippen LogP contribution in [-0.4, -0.2) is 0 Å². The van der Waals surface area contributed by atoms with E-state index in [1.165, 1.54) is 103 Å². The largest absolute Gasteiger partial charge is 0.0622 e. The van der Waals surface area contributed by atoms with Gasteiger partial charge in [0.05, 0.1) is 0 Å². The van der Waals surface area contributed by atoms with Gasteiger partial charge in [0.2, 0.25) is 0 Å². The van der Waals surface area contributed by atoms with E-state index in [2.05, 4.69) is 146 Å². The minimum atomic E-state index is 1.26. The topological polar surface area (TPSA) is 0 Å². The van der Waals surface area contributed by atoms with Gasteiger partial charge in [-0.2, -0.15) is 0 Å². The number of rotatable bonds is 2. The molecule has 0 unspecified atom stereocenters. The van der Waals surface area contributed by atoms with Gasteiger partial charge >= 0.3 is 0 Å². The molecule has 10 aromatic carbocycles. The molecule has 0 aliphatic carbocycles. The molecule has 0 fully saturated rings. The maximum atomic E-state index is 2.49. The fraction of sp³-hybridized carbons (Fsp3) is 0.0233. The van der Waals surface area contributed by atoms with Crippen molar-refractivity contribution < 1.29 is 0 Å². The quantitative estimate of drug-likeness (QED) is 0.204. The van der Waals surface area contributed by atoms with Crippen molar-refractivity contribution in [1.29, 1.82) is 0 Å². The van der Waals surface area contributed by atoms with Crippen molar-refractivity contribution >= 4 is 75.4 Å². The average Bonchev–Trinajstić information content (AvgIpc) is 3.56. The SMILES string of the molecule is Cc1ccc2c3c(-c4ccccc4)c4cc5c(cc4cc3c3cccc1c32)c1c(-c2ccccc2)ccc2cccc5c21. The van der Waals surface area contributed by atoms with Crippen LogP contribution >= 0.6 is 0 Å². The van der Waals surface area contributed by atoms with Gasteiger partial charge in [-0.1, -0.05) is 121 Å².